The Kier molecular flexibility index (Phi) is 4.12. The summed E-state index contributed by atoms with van der Waals surface area (Å²) >= 11 is 0. The Morgan fingerprint density at radius 2 is 2.10 bits per heavy atom. The Balaban J connectivity index is 1.41. The number of nitrogens with one attached hydrogen (secondary N) is 1. The van der Waals surface area contributed by atoms with Crippen LogP contribution in [0.5, 0.6) is 11.5 Å². The molecule has 4 aromatic rings. The molecule has 8 heteroatoms. The summed E-state index contributed by atoms with van der Waals surface area (Å²) in [5.41, 5.74) is 3.11. The molecule has 0 aliphatic carbocycles. The Hall–Kier alpha value is -3.55. The van der Waals surface area contributed by atoms with Crippen molar-refractivity contribution in [2.24, 2.45) is 0 Å². The topological polar surface area (TPSA) is 85.3 Å². The van der Waals surface area contributed by atoms with E-state index in [-0.39, 0.29) is 11.9 Å². The van der Waals surface area contributed by atoms with Crippen LogP contribution in [0.25, 0.3) is 22.1 Å². The highest BCUT2D eigenvalue weighted by Crippen LogP contribution is 2.36. The Bertz CT molecular complexity index is 1210. The summed E-state index contributed by atoms with van der Waals surface area (Å²) in [7, 11) is 3.20. The first-order valence-electron chi connectivity index (χ1n) is 9.50. The second-order valence-corrected chi connectivity index (χ2v) is 7.14. The van der Waals surface area contributed by atoms with Crippen molar-refractivity contribution < 1.29 is 14.3 Å². The number of methoxy groups -OCH3 is 2. The van der Waals surface area contributed by atoms with Gasteiger partial charge in [-0.1, -0.05) is 0 Å². The van der Waals surface area contributed by atoms with Crippen LogP contribution >= 0.6 is 0 Å². The van der Waals surface area contributed by atoms with E-state index in [9.17, 15) is 4.79 Å². The summed E-state index contributed by atoms with van der Waals surface area (Å²) in [6.45, 7) is 1.31. The average molecular weight is 391 g/mol. The van der Waals surface area contributed by atoms with Crippen molar-refractivity contribution in [3.05, 3.63) is 48.5 Å². The van der Waals surface area contributed by atoms with Crippen molar-refractivity contribution in [3.63, 3.8) is 0 Å². The van der Waals surface area contributed by atoms with E-state index in [4.69, 9.17) is 9.47 Å². The van der Waals surface area contributed by atoms with E-state index in [0.29, 0.717) is 30.3 Å². The van der Waals surface area contributed by atoms with E-state index in [1.165, 1.54) is 0 Å². The minimum atomic E-state index is -0.0258. The molecule has 0 spiro atoms. The fourth-order valence-electron chi connectivity index (χ4n) is 4.10. The smallest absolute Gasteiger partial charge is 0.270 e. The third kappa shape index (κ3) is 2.79. The molecule has 1 fully saturated rings. The van der Waals surface area contributed by atoms with Gasteiger partial charge in [-0.25, -0.2) is 9.97 Å². The highest BCUT2D eigenvalue weighted by Gasteiger charge is 2.30. The SMILES string of the molecule is COc1ccc2[nH]c(C(=O)N3CCC(n4cnc5cccnc54)C3)cc2c1OC. The summed E-state index contributed by atoms with van der Waals surface area (Å²) in [4.78, 5) is 27.1. The Labute approximate surface area is 167 Å². The van der Waals surface area contributed by atoms with E-state index in [0.717, 1.165) is 28.5 Å². The summed E-state index contributed by atoms with van der Waals surface area (Å²) in [6, 6.07) is 9.54. The Morgan fingerprint density at radius 1 is 1.21 bits per heavy atom. The van der Waals surface area contributed by atoms with Crippen molar-refractivity contribution in [1.29, 1.82) is 0 Å². The second-order valence-electron chi connectivity index (χ2n) is 7.14. The molecule has 3 aromatic heterocycles. The van der Waals surface area contributed by atoms with Crippen molar-refractivity contribution in [2.45, 2.75) is 12.5 Å². The number of benzene rings is 1. The lowest BCUT2D eigenvalue weighted by Gasteiger charge is -2.16. The number of carbonyl (C=O) groups is 1. The van der Waals surface area contributed by atoms with Gasteiger partial charge < -0.3 is 23.9 Å². The third-order valence-electron chi connectivity index (χ3n) is 5.55. The molecule has 1 atom stereocenters. The first-order valence-corrected chi connectivity index (χ1v) is 9.50. The monoisotopic (exact) mass is 391 g/mol. The maximum absolute atomic E-state index is 13.1. The zero-order valence-electron chi connectivity index (χ0n) is 16.3. The number of aromatic nitrogens is 4. The lowest BCUT2D eigenvalue weighted by Crippen LogP contribution is -2.29. The van der Waals surface area contributed by atoms with E-state index < -0.39 is 0 Å². The number of ether oxygens (including phenoxy) is 2. The van der Waals surface area contributed by atoms with Crippen LogP contribution in [0.1, 0.15) is 23.0 Å². The summed E-state index contributed by atoms with van der Waals surface area (Å²) in [5, 5.41) is 0.829. The van der Waals surface area contributed by atoms with Gasteiger partial charge >= 0.3 is 0 Å². The molecule has 1 amide bonds. The molecule has 0 saturated carbocycles. The van der Waals surface area contributed by atoms with Crippen LogP contribution in [0.15, 0.2) is 42.9 Å². The number of H-pyrrole nitrogens is 1. The van der Waals surface area contributed by atoms with Crippen LogP contribution in [0.4, 0.5) is 0 Å². The van der Waals surface area contributed by atoms with Crippen LogP contribution in [-0.2, 0) is 0 Å². The minimum absolute atomic E-state index is 0.0258. The van der Waals surface area contributed by atoms with Gasteiger partial charge in [0.2, 0.25) is 0 Å². The highest BCUT2D eigenvalue weighted by molar-refractivity contribution is 6.00. The maximum Gasteiger partial charge on any atom is 0.270 e. The lowest BCUT2D eigenvalue weighted by atomic mass is 10.2. The molecule has 29 heavy (non-hydrogen) atoms. The molecular formula is C21H21N5O3. The van der Waals surface area contributed by atoms with E-state index in [1.807, 2.05) is 41.6 Å². The maximum atomic E-state index is 13.1. The number of hydrogen-bond acceptors (Lipinski definition) is 5. The molecule has 0 radical (unpaired) electrons. The number of nitrogens with zero attached hydrogens (tertiary/aromatic N) is 4. The number of hydrogen-bond donors (Lipinski definition) is 1. The van der Waals surface area contributed by atoms with Gasteiger partial charge in [0.15, 0.2) is 17.1 Å². The largest absolute Gasteiger partial charge is 0.493 e. The number of pyridine rings is 1. The average Bonchev–Trinajstić information content (AvgIpc) is 3.49. The van der Waals surface area contributed by atoms with Crippen molar-refractivity contribution >= 4 is 28.0 Å². The van der Waals surface area contributed by atoms with Gasteiger partial charge in [-0.2, -0.15) is 0 Å². The highest BCUT2D eigenvalue weighted by atomic mass is 16.5. The van der Waals surface area contributed by atoms with Crippen LogP contribution in [-0.4, -0.2) is 57.6 Å². The number of aromatic amines is 1. The van der Waals surface area contributed by atoms with E-state index in [1.54, 1.807) is 20.4 Å². The molecule has 148 valence electrons. The van der Waals surface area contributed by atoms with Crippen LogP contribution in [0.2, 0.25) is 0 Å². The number of rotatable bonds is 4. The van der Waals surface area contributed by atoms with Gasteiger partial charge in [-0.15, -0.1) is 0 Å². The second kappa shape index (κ2) is 6.80. The van der Waals surface area contributed by atoms with Crippen molar-refractivity contribution in [3.8, 4) is 11.5 Å². The summed E-state index contributed by atoms with van der Waals surface area (Å²) in [5.74, 6) is 1.23. The van der Waals surface area contributed by atoms with Gasteiger partial charge in [0.05, 0.1) is 32.1 Å². The molecule has 1 N–H and O–H groups in total. The molecule has 5 rings (SSSR count). The molecule has 1 saturated heterocycles. The van der Waals surface area contributed by atoms with Gasteiger partial charge in [-0.3, -0.25) is 4.79 Å². The summed E-state index contributed by atoms with van der Waals surface area (Å²) in [6.07, 6.45) is 4.45. The zero-order valence-corrected chi connectivity index (χ0v) is 16.3. The van der Waals surface area contributed by atoms with Crippen molar-refractivity contribution in [2.75, 3.05) is 27.3 Å². The standard InChI is InChI=1S/C21H21N5O3/c1-28-18-6-5-15-14(19(18)29-2)10-17(24-15)21(27)25-9-7-13(11-25)26-12-23-16-4-3-8-22-20(16)26/h3-6,8,10,12-13,24H,7,9,11H2,1-2H3. The first kappa shape index (κ1) is 17.5. The molecule has 1 aliphatic rings. The number of amides is 1. The van der Waals surface area contributed by atoms with E-state index in [2.05, 4.69) is 19.5 Å². The number of imidazole rings is 1. The molecule has 0 bridgehead atoms. The fourth-order valence-corrected chi connectivity index (χ4v) is 4.10. The number of carbonyl (C=O) groups excluding carboxylic acids is 1. The molecule has 1 aromatic carbocycles. The van der Waals surface area contributed by atoms with Gasteiger partial charge in [0.25, 0.3) is 5.91 Å². The predicted octanol–water partition coefficient (Wildman–Crippen LogP) is 3.02. The molecule has 1 aliphatic heterocycles. The number of likely N-dealkylation sites (tertiary alicyclic amines) is 1. The third-order valence-corrected chi connectivity index (χ3v) is 5.55. The van der Waals surface area contributed by atoms with Gasteiger partial charge in [-0.05, 0) is 36.8 Å². The lowest BCUT2D eigenvalue weighted by molar-refractivity contribution is 0.0783. The van der Waals surface area contributed by atoms with Crippen LogP contribution in [0, 0.1) is 0 Å². The van der Waals surface area contributed by atoms with Gasteiger partial charge in [0.1, 0.15) is 11.2 Å². The predicted molar refractivity (Wildman–Crippen MR) is 108 cm³/mol. The first-order chi connectivity index (χ1) is 14.2. The fraction of sp³-hybridized carbons (Fsp3) is 0.286. The minimum Gasteiger partial charge on any atom is -0.493 e. The van der Waals surface area contributed by atoms with Gasteiger partial charge in [0, 0.05) is 24.7 Å². The molecule has 4 heterocycles. The zero-order chi connectivity index (χ0) is 20.0. The van der Waals surface area contributed by atoms with Crippen LogP contribution < -0.4 is 9.47 Å². The Morgan fingerprint density at radius 3 is 2.93 bits per heavy atom. The van der Waals surface area contributed by atoms with Crippen LogP contribution in [0.3, 0.4) is 0 Å². The van der Waals surface area contributed by atoms with Crippen molar-refractivity contribution in [1.82, 2.24) is 24.4 Å². The number of fused-ring (bicyclic) bond motifs is 2. The normalized spacial score (nSPS) is 16.6. The summed E-state index contributed by atoms with van der Waals surface area (Å²) < 4.78 is 12.9. The molecular weight excluding hydrogens is 370 g/mol. The molecule has 1 unspecified atom stereocenters. The quantitative estimate of drug-likeness (QED) is 0.578. The molecule has 8 nitrogen and oxygen atoms in total. The van der Waals surface area contributed by atoms with E-state index >= 15 is 0 Å².